The second-order valence-electron chi connectivity index (χ2n) is 11.5. The largest absolute Gasteiger partial charge is 0.467 e. The first kappa shape index (κ1) is 37.5. The molecule has 0 N–H and O–H groups in total. The third-order valence-electron chi connectivity index (χ3n) is 6.50. The Bertz CT molecular complexity index is 1300. The van der Waals surface area contributed by atoms with Crippen molar-refractivity contribution in [2.75, 3.05) is 34.3 Å². The van der Waals surface area contributed by atoms with Crippen molar-refractivity contribution in [3.63, 3.8) is 0 Å². The fraction of sp³-hybridized carbons (Fsp3) is 0.621. The molecule has 1 aromatic carbocycles. The average molecular weight is 656 g/mol. The van der Waals surface area contributed by atoms with Crippen LogP contribution in [-0.2, 0) is 49.4 Å². The third kappa shape index (κ3) is 10.7. The van der Waals surface area contributed by atoms with E-state index in [-0.39, 0.29) is 31.0 Å². The Labute approximate surface area is 266 Å². The van der Waals surface area contributed by atoms with Gasteiger partial charge >= 0.3 is 35.8 Å². The minimum Gasteiger partial charge on any atom is -0.467 e. The van der Waals surface area contributed by atoms with E-state index >= 15 is 0 Å². The minimum absolute atomic E-state index is 0.125. The van der Waals surface area contributed by atoms with Crippen molar-refractivity contribution in [2.24, 2.45) is 5.92 Å². The fourth-order valence-electron chi connectivity index (χ4n) is 4.20. The number of rotatable bonds is 11. The van der Waals surface area contributed by atoms with Crippen LogP contribution in [0.4, 0.5) is 15.3 Å². The van der Waals surface area contributed by atoms with Crippen LogP contribution in [0.25, 0.3) is 0 Å². The first-order valence-electron chi connectivity index (χ1n) is 14.2. The van der Waals surface area contributed by atoms with Crippen LogP contribution in [0, 0.1) is 16.0 Å². The molecule has 1 fully saturated rings. The van der Waals surface area contributed by atoms with E-state index in [1.807, 2.05) is 0 Å². The Kier molecular flexibility index (Phi) is 13.1. The molecule has 1 aromatic rings. The van der Waals surface area contributed by atoms with Crippen LogP contribution >= 0.6 is 0 Å². The van der Waals surface area contributed by atoms with Crippen LogP contribution in [0.2, 0.25) is 0 Å². The summed E-state index contributed by atoms with van der Waals surface area (Å²) in [6.45, 7) is 8.90. The number of likely N-dealkylation sites (N-methyl/N-ethyl adjacent to an activating group) is 2. The van der Waals surface area contributed by atoms with E-state index in [4.69, 9.17) is 33.2 Å². The van der Waals surface area contributed by atoms with Crippen molar-refractivity contribution in [3.05, 3.63) is 33.9 Å². The number of amides is 2. The summed E-state index contributed by atoms with van der Waals surface area (Å²) < 4.78 is 37.4. The van der Waals surface area contributed by atoms with Crippen molar-refractivity contribution in [2.45, 2.75) is 78.4 Å². The number of benzene rings is 1. The first-order valence-corrected chi connectivity index (χ1v) is 14.2. The summed E-state index contributed by atoms with van der Waals surface area (Å²) in [6, 6.07) is 3.81. The minimum atomic E-state index is -1.59. The summed E-state index contributed by atoms with van der Waals surface area (Å²) >= 11 is 0. The molecule has 46 heavy (non-hydrogen) atoms. The molecule has 1 aliphatic rings. The SMILES string of the molecule is COC(=O)[C@H]1O[C@@H](Oc2ccc(COC(=O)N(C)CCN(C)C(=O)OC(C)(C)C)cc2[N+](=O)[O-])[C@H](C)[C@@H](OC(C)=O)[C@@H]1OC(C)=O. The van der Waals surface area contributed by atoms with Gasteiger partial charge in [0.2, 0.25) is 6.29 Å². The van der Waals surface area contributed by atoms with E-state index in [9.17, 15) is 34.1 Å². The van der Waals surface area contributed by atoms with Crippen LogP contribution in [0.3, 0.4) is 0 Å². The molecule has 0 aliphatic carbocycles. The van der Waals surface area contributed by atoms with Crippen molar-refractivity contribution in [1.82, 2.24) is 9.80 Å². The molecule has 0 aromatic heterocycles. The maximum Gasteiger partial charge on any atom is 0.410 e. The summed E-state index contributed by atoms with van der Waals surface area (Å²) in [7, 11) is 4.06. The molecule has 5 atom stereocenters. The molecule has 0 bridgehead atoms. The first-order chi connectivity index (χ1) is 21.3. The summed E-state index contributed by atoms with van der Waals surface area (Å²) in [5.41, 5.74) is -0.936. The van der Waals surface area contributed by atoms with Gasteiger partial charge in [-0.05, 0) is 32.4 Å². The number of esters is 3. The van der Waals surface area contributed by atoms with Gasteiger partial charge in [0.1, 0.15) is 12.2 Å². The Morgan fingerprint density at radius 1 is 0.957 bits per heavy atom. The van der Waals surface area contributed by atoms with Gasteiger partial charge in [0.15, 0.2) is 24.1 Å². The fourth-order valence-corrected chi connectivity index (χ4v) is 4.20. The normalized spacial score (nSPS) is 20.8. The van der Waals surface area contributed by atoms with Crippen LogP contribution in [-0.4, -0.2) is 109 Å². The van der Waals surface area contributed by atoms with E-state index in [1.54, 1.807) is 20.8 Å². The van der Waals surface area contributed by atoms with Gasteiger partial charge in [0.25, 0.3) is 0 Å². The molecule has 0 radical (unpaired) electrons. The van der Waals surface area contributed by atoms with Gasteiger partial charge in [0.05, 0.1) is 18.0 Å². The van der Waals surface area contributed by atoms with Crippen LogP contribution in [0.1, 0.15) is 47.1 Å². The molecule has 256 valence electrons. The summed E-state index contributed by atoms with van der Waals surface area (Å²) in [5.74, 6) is -3.65. The van der Waals surface area contributed by atoms with Gasteiger partial charge in [-0.25, -0.2) is 14.4 Å². The summed E-state index contributed by atoms with van der Waals surface area (Å²) in [4.78, 5) is 74.6. The number of hydrogen-bond acceptors (Lipinski definition) is 14. The van der Waals surface area contributed by atoms with Crippen molar-refractivity contribution < 1.29 is 62.1 Å². The molecule has 2 amide bonds. The molecule has 17 heteroatoms. The number of ether oxygens (including phenoxy) is 7. The van der Waals surface area contributed by atoms with E-state index in [2.05, 4.69) is 0 Å². The van der Waals surface area contributed by atoms with Gasteiger partial charge in [-0.3, -0.25) is 19.7 Å². The number of hydrogen-bond donors (Lipinski definition) is 0. The predicted octanol–water partition coefficient (Wildman–Crippen LogP) is 2.81. The zero-order chi connectivity index (χ0) is 34.9. The number of methoxy groups -OCH3 is 1. The summed E-state index contributed by atoms with van der Waals surface area (Å²) in [6.07, 6.45) is -6.88. The maximum atomic E-state index is 12.5. The lowest BCUT2D eigenvalue weighted by atomic mass is 9.91. The van der Waals surface area contributed by atoms with Gasteiger partial charge < -0.3 is 43.0 Å². The monoisotopic (exact) mass is 655 g/mol. The molecule has 0 unspecified atom stereocenters. The summed E-state index contributed by atoms with van der Waals surface area (Å²) in [5, 5.41) is 12.0. The molecule has 17 nitrogen and oxygen atoms in total. The van der Waals surface area contributed by atoms with E-state index in [1.165, 1.54) is 43.0 Å². The van der Waals surface area contributed by atoms with E-state index < -0.39 is 76.8 Å². The van der Waals surface area contributed by atoms with E-state index in [0.717, 1.165) is 27.0 Å². The van der Waals surface area contributed by atoms with Crippen molar-refractivity contribution in [3.8, 4) is 5.75 Å². The van der Waals surface area contributed by atoms with Gasteiger partial charge in [-0.15, -0.1) is 0 Å². The second-order valence-corrected chi connectivity index (χ2v) is 11.5. The number of nitro groups is 1. The topological polar surface area (TPSA) is 200 Å². The third-order valence-corrected chi connectivity index (χ3v) is 6.50. The molecule has 2 rings (SSSR count). The second kappa shape index (κ2) is 16.1. The standard InChI is InChI=1S/C29H41N3O14/c1-16-22(42-17(2)33)23(43-18(3)34)24(25(35)40-9)45-26(16)44-21-11-10-19(14-20(21)32(38)39)15-41-27(36)30(7)12-13-31(8)28(37)46-29(4,5)6/h10-11,14,16,22-24,26H,12-13,15H2,1-9H3/t16-,22-,23+,24+,26-/m1/s1. The highest BCUT2D eigenvalue weighted by Crippen LogP contribution is 2.36. The lowest BCUT2D eigenvalue weighted by Crippen LogP contribution is -2.60. The van der Waals surface area contributed by atoms with Gasteiger partial charge in [-0.1, -0.05) is 13.0 Å². The Morgan fingerprint density at radius 2 is 1.52 bits per heavy atom. The smallest absolute Gasteiger partial charge is 0.410 e. The zero-order valence-corrected chi connectivity index (χ0v) is 27.3. The van der Waals surface area contributed by atoms with Crippen molar-refractivity contribution >= 4 is 35.8 Å². The predicted molar refractivity (Wildman–Crippen MR) is 156 cm³/mol. The molecular weight excluding hydrogens is 614 g/mol. The Morgan fingerprint density at radius 3 is 2.04 bits per heavy atom. The van der Waals surface area contributed by atoms with E-state index in [0.29, 0.717) is 0 Å². The van der Waals surface area contributed by atoms with Crippen molar-refractivity contribution in [1.29, 1.82) is 0 Å². The molecule has 1 heterocycles. The lowest BCUT2D eigenvalue weighted by Gasteiger charge is -2.42. The van der Waals surface area contributed by atoms with Crippen LogP contribution in [0.15, 0.2) is 18.2 Å². The molecule has 0 saturated carbocycles. The maximum absolute atomic E-state index is 12.5. The Hall–Kier alpha value is -4.67. The highest BCUT2D eigenvalue weighted by molar-refractivity contribution is 5.77. The molecule has 1 saturated heterocycles. The quantitative estimate of drug-likeness (QED) is 0.146. The average Bonchev–Trinajstić information content (AvgIpc) is 2.96. The molecular formula is C29H41N3O14. The Balaban J connectivity index is 2.16. The van der Waals surface area contributed by atoms with Crippen LogP contribution < -0.4 is 4.74 Å². The van der Waals surface area contributed by atoms with Crippen LogP contribution in [0.5, 0.6) is 5.75 Å². The highest BCUT2D eigenvalue weighted by atomic mass is 16.7. The van der Waals surface area contributed by atoms with Gasteiger partial charge in [0, 0.05) is 47.1 Å². The lowest BCUT2D eigenvalue weighted by molar-refractivity contribution is -0.387. The van der Waals surface area contributed by atoms with Gasteiger partial charge in [-0.2, -0.15) is 0 Å². The highest BCUT2D eigenvalue weighted by Gasteiger charge is 2.52. The number of carbonyl (C=O) groups excluding carboxylic acids is 5. The zero-order valence-electron chi connectivity index (χ0n) is 27.3. The molecule has 1 aliphatic heterocycles. The number of nitro benzene ring substituents is 1. The number of carbonyl (C=O) groups is 5. The number of nitrogens with zero attached hydrogens (tertiary/aromatic N) is 3. The molecule has 0 spiro atoms.